The molecule has 0 radical (unpaired) electrons. The highest BCUT2D eigenvalue weighted by molar-refractivity contribution is 5.73. The molecule has 0 bridgehead atoms. The molecule has 1 fully saturated rings. The van der Waals surface area contributed by atoms with Gasteiger partial charge in [-0.25, -0.2) is 0 Å². The van der Waals surface area contributed by atoms with E-state index in [0.717, 1.165) is 32.2 Å². The molecule has 16 heavy (non-hydrogen) atoms. The first-order valence-corrected chi connectivity index (χ1v) is 6.69. The van der Waals surface area contributed by atoms with Crippen LogP contribution in [0.3, 0.4) is 0 Å². The lowest BCUT2D eigenvalue weighted by Gasteiger charge is -2.29. The number of hydrogen-bond acceptors (Lipinski definition) is 3. The molecule has 3 heteroatoms. The van der Waals surface area contributed by atoms with E-state index in [1.54, 1.807) is 0 Å². The first kappa shape index (κ1) is 13.5. The third kappa shape index (κ3) is 4.12. The monoisotopic (exact) mass is 227 g/mol. The molecule has 1 saturated heterocycles. The molecule has 1 aliphatic rings. The zero-order valence-corrected chi connectivity index (χ0v) is 10.6. The minimum absolute atomic E-state index is 0.00431. The number of piperidine rings is 1. The summed E-state index contributed by atoms with van der Waals surface area (Å²) >= 11 is 0. The number of hydrogen-bond donors (Lipinski definition) is 1. The first-order valence-electron chi connectivity index (χ1n) is 6.69. The van der Waals surface area contributed by atoms with Crippen molar-refractivity contribution in [2.45, 2.75) is 58.4 Å². The SMILES string of the molecule is CCCCC(C(=O)OCC)C1CCCCN1. The maximum absolute atomic E-state index is 11.9. The molecule has 1 aliphatic heterocycles. The largest absolute Gasteiger partial charge is 0.466 e. The van der Waals surface area contributed by atoms with Gasteiger partial charge < -0.3 is 10.1 Å². The molecule has 0 saturated carbocycles. The van der Waals surface area contributed by atoms with Gasteiger partial charge in [0.25, 0.3) is 0 Å². The van der Waals surface area contributed by atoms with Gasteiger partial charge in [-0.15, -0.1) is 0 Å². The topological polar surface area (TPSA) is 38.3 Å². The molecule has 0 amide bonds. The van der Waals surface area contributed by atoms with Crippen LogP contribution in [0.5, 0.6) is 0 Å². The Balaban J connectivity index is 2.50. The molecule has 0 spiro atoms. The van der Waals surface area contributed by atoms with Gasteiger partial charge in [-0.2, -0.15) is 0 Å². The summed E-state index contributed by atoms with van der Waals surface area (Å²) in [6.07, 6.45) is 6.81. The highest BCUT2D eigenvalue weighted by Crippen LogP contribution is 2.21. The van der Waals surface area contributed by atoms with Crippen molar-refractivity contribution in [3.05, 3.63) is 0 Å². The van der Waals surface area contributed by atoms with Gasteiger partial charge in [0.05, 0.1) is 12.5 Å². The van der Waals surface area contributed by atoms with E-state index in [9.17, 15) is 4.79 Å². The van der Waals surface area contributed by atoms with E-state index in [1.807, 2.05) is 6.92 Å². The van der Waals surface area contributed by atoms with E-state index in [4.69, 9.17) is 4.74 Å². The van der Waals surface area contributed by atoms with Crippen molar-refractivity contribution in [3.8, 4) is 0 Å². The number of unbranched alkanes of at least 4 members (excludes halogenated alkanes) is 1. The number of rotatable bonds is 6. The van der Waals surface area contributed by atoms with Crippen LogP contribution in [-0.2, 0) is 9.53 Å². The molecule has 94 valence electrons. The zero-order chi connectivity index (χ0) is 11.8. The second-order valence-electron chi connectivity index (χ2n) is 4.56. The van der Waals surface area contributed by atoms with Crippen LogP contribution in [-0.4, -0.2) is 25.2 Å². The van der Waals surface area contributed by atoms with E-state index >= 15 is 0 Å². The van der Waals surface area contributed by atoms with Gasteiger partial charge in [-0.3, -0.25) is 4.79 Å². The van der Waals surface area contributed by atoms with Gasteiger partial charge >= 0.3 is 5.97 Å². The second-order valence-corrected chi connectivity index (χ2v) is 4.56. The van der Waals surface area contributed by atoms with Crippen molar-refractivity contribution in [1.29, 1.82) is 0 Å². The van der Waals surface area contributed by atoms with Gasteiger partial charge in [0.2, 0.25) is 0 Å². The summed E-state index contributed by atoms with van der Waals surface area (Å²) in [6, 6.07) is 0.347. The molecule has 0 aliphatic carbocycles. The number of nitrogens with one attached hydrogen (secondary N) is 1. The maximum atomic E-state index is 11.9. The molecular weight excluding hydrogens is 202 g/mol. The lowest BCUT2D eigenvalue weighted by Crippen LogP contribution is -2.43. The van der Waals surface area contributed by atoms with E-state index in [0.29, 0.717) is 12.6 Å². The van der Waals surface area contributed by atoms with Crippen molar-refractivity contribution < 1.29 is 9.53 Å². The number of carbonyl (C=O) groups is 1. The third-order valence-corrected chi connectivity index (χ3v) is 3.29. The highest BCUT2D eigenvalue weighted by atomic mass is 16.5. The Kier molecular flexibility index (Phi) is 6.46. The van der Waals surface area contributed by atoms with Crippen molar-refractivity contribution in [2.24, 2.45) is 5.92 Å². The molecule has 0 aromatic heterocycles. The molecular formula is C13H25NO2. The summed E-state index contributed by atoms with van der Waals surface area (Å²) in [5, 5.41) is 3.47. The molecule has 1 N–H and O–H groups in total. The fraction of sp³-hybridized carbons (Fsp3) is 0.923. The van der Waals surface area contributed by atoms with E-state index in [1.165, 1.54) is 12.8 Å². The minimum atomic E-state index is -0.00431. The minimum Gasteiger partial charge on any atom is -0.466 e. The average molecular weight is 227 g/mol. The Morgan fingerprint density at radius 1 is 1.44 bits per heavy atom. The standard InChI is InChI=1S/C13H25NO2/c1-3-5-8-11(13(15)16-4-2)12-9-6-7-10-14-12/h11-12,14H,3-10H2,1-2H3. The van der Waals surface area contributed by atoms with E-state index in [-0.39, 0.29) is 11.9 Å². The smallest absolute Gasteiger partial charge is 0.310 e. The predicted octanol–water partition coefficient (Wildman–Crippen LogP) is 2.50. The van der Waals surface area contributed by atoms with E-state index < -0.39 is 0 Å². The van der Waals surface area contributed by atoms with Crippen LogP contribution in [0, 0.1) is 5.92 Å². The summed E-state index contributed by atoms with van der Waals surface area (Å²) < 4.78 is 5.18. The molecule has 3 nitrogen and oxygen atoms in total. The van der Waals surface area contributed by atoms with Crippen LogP contribution < -0.4 is 5.32 Å². The lowest BCUT2D eigenvalue weighted by atomic mass is 9.88. The Bertz CT molecular complexity index is 200. The number of carbonyl (C=O) groups excluding carboxylic acids is 1. The van der Waals surface area contributed by atoms with Gasteiger partial charge in [0.1, 0.15) is 0 Å². The predicted molar refractivity (Wildman–Crippen MR) is 65.3 cm³/mol. The maximum Gasteiger partial charge on any atom is 0.310 e. The highest BCUT2D eigenvalue weighted by Gasteiger charge is 2.29. The lowest BCUT2D eigenvalue weighted by molar-refractivity contribution is -0.149. The molecule has 0 aromatic rings. The fourth-order valence-corrected chi connectivity index (χ4v) is 2.38. The van der Waals surface area contributed by atoms with Crippen molar-refractivity contribution >= 4 is 5.97 Å². The summed E-state index contributed by atoms with van der Waals surface area (Å²) in [7, 11) is 0. The van der Waals surface area contributed by atoms with Crippen molar-refractivity contribution in [2.75, 3.05) is 13.2 Å². The molecule has 0 aromatic carbocycles. The quantitative estimate of drug-likeness (QED) is 0.709. The molecule has 1 heterocycles. The normalized spacial score (nSPS) is 22.8. The fourth-order valence-electron chi connectivity index (χ4n) is 2.38. The summed E-state index contributed by atoms with van der Waals surface area (Å²) in [4.78, 5) is 11.9. The van der Waals surface area contributed by atoms with Gasteiger partial charge in [0.15, 0.2) is 0 Å². The Hall–Kier alpha value is -0.570. The van der Waals surface area contributed by atoms with Crippen LogP contribution in [0.15, 0.2) is 0 Å². The summed E-state index contributed by atoms with van der Waals surface area (Å²) in [6.45, 7) is 5.58. The summed E-state index contributed by atoms with van der Waals surface area (Å²) in [5.41, 5.74) is 0. The second kappa shape index (κ2) is 7.66. The Labute approximate surface area is 98.9 Å². The van der Waals surface area contributed by atoms with Crippen molar-refractivity contribution in [1.82, 2.24) is 5.32 Å². The van der Waals surface area contributed by atoms with E-state index in [2.05, 4.69) is 12.2 Å². The average Bonchev–Trinajstić information content (AvgIpc) is 2.31. The zero-order valence-electron chi connectivity index (χ0n) is 10.6. The Morgan fingerprint density at radius 3 is 2.81 bits per heavy atom. The van der Waals surface area contributed by atoms with Gasteiger partial charge in [-0.1, -0.05) is 26.2 Å². The van der Waals surface area contributed by atoms with Crippen LogP contribution in [0.1, 0.15) is 52.4 Å². The van der Waals surface area contributed by atoms with Crippen LogP contribution >= 0.6 is 0 Å². The van der Waals surface area contributed by atoms with Gasteiger partial charge in [0, 0.05) is 6.04 Å². The summed E-state index contributed by atoms with van der Waals surface area (Å²) in [5.74, 6) is 0.0653. The van der Waals surface area contributed by atoms with Gasteiger partial charge in [-0.05, 0) is 32.7 Å². The van der Waals surface area contributed by atoms with Crippen LogP contribution in [0.2, 0.25) is 0 Å². The molecule has 1 rings (SSSR count). The molecule has 2 unspecified atom stereocenters. The Morgan fingerprint density at radius 2 is 2.25 bits per heavy atom. The van der Waals surface area contributed by atoms with Crippen LogP contribution in [0.25, 0.3) is 0 Å². The third-order valence-electron chi connectivity index (χ3n) is 3.29. The number of ether oxygens (including phenoxy) is 1. The first-order chi connectivity index (χ1) is 7.79. The van der Waals surface area contributed by atoms with Crippen LogP contribution in [0.4, 0.5) is 0 Å². The number of esters is 1. The van der Waals surface area contributed by atoms with Crippen molar-refractivity contribution in [3.63, 3.8) is 0 Å². The molecule has 2 atom stereocenters.